The Kier molecular flexibility index (Phi) is 4.81. The highest BCUT2D eigenvalue weighted by Crippen LogP contribution is 2.35. The van der Waals surface area contributed by atoms with Crippen LogP contribution in [0.15, 0.2) is 24.3 Å². The Balaban J connectivity index is 1.74. The maximum absolute atomic E-state index is 5.51. The summed E-state index contributed by atoms with van der Waals surface area (Å²) in [4.78, 5) is 2.68. The largest absolute Gasteiger partial charge is 0.381 e. The van der Waals surface area contributed by atoms with Crippen LogP contribution in [0, 0.1) is 5.92 Å². The molecule has 2 unspecified atom stereocenters. The van der Waals surface area contributed by atoms with Gasteiger partial charge in [0.15, 0.2) is 0 Å². The van der Waals surface area contributed by atoms with Gasteiger partial charge in [0, 0.05) is 37.5 Å². The number of hydrogen-bond donors (Lipinski definition) is 1. The van der Waals surface area contributed by atoms with Crippen molar-refractivity contribution in [2.24, 2.45) is 5.92 Å². The molecule has 2 aliphatic heterocycles. The summed E-state index contributed by atoms with van der Waals surface area (Å²) in [5.41, 5.74) is 3.00. The number of rotatable bonds is 5. The van der Waals surface area contributed by atoms with Crippen molar-refractivity contribution >= 4 is 5.69 Å². The average Bonchev–Trinajstić information content (AvgIpc) is 2.86. The SMILES string of the molecule is CNC(C)CC1Cc2ccccc2N1CC1CCOCC1. The number of nitrogens with zero attached hydrogens (tertiary/aromatic N) is 1. The molecule has 0 spiro atoms. The molecule has 1 saturated heterocycles. The van der Waals surface area contributed by atoms with E-state index in [-0.39, 0.29) is 0 Å². The molecule has 1 aromatic rings. The molecule has 3 rings (SSSR count). The fourth-order valence-corrected chi connectivity index (χ4v) is 3.72. The molecule has 1 aromatic carbocycles. The number of ether oxygens (including phenoxy) is 1. The van der Waals surface area contributed by atoms with E-state index in [1.54, 1.807) is 0 Å². The van der Waals surface area contributed by atoms with Crippen molar-refractivity contribution < 1.29 is 4.74 Å². The summed E-state index contributed by atoms with van der Waals surface area (Å²) >= 11 is 0. The van der Waals surface area contributed by atoms with Crippen LogP contribution in [-0.4, -0.2) is 38.9 Å². The normalized spacial score (nSPS) is 24.1. The van der Waals surface area contributed by atoms with E-state index in [1.807, 2.05) is 0 Å². The van der Waals surface area contributed by atoms with Crippen molar-refractivity contribution in [2.75, 3.05) is 31.7 Å². The predicted octanol–water partition coefficient (Wildman–Crippen LogP) is 2.84. The standard InChI is InChI=1S/C18H28N2O/c1-14(19-2)11-17-12-16-5-3-4-6-18(16)20(17)13-15-7-9-21-10-8-15/h3-6,14-15,17,19H,7-13H2,1-2H3. The zero-order chi connectivity index (χ0) is 14.7. The lowest BCUT2D eigenvalue weighted by molar-refractivity contribution is 0.0677. The quantitative estimate of drug-likeness (QED) is 0.901. The zero-order valence-corrected chi connectivity index (χ0v) is 13.3. The molecule has 0 amide bonds. The van der Waals surface area contributed by atoms with Gasteiger partial charge in [0.1, 0.15) is 0 Å². The molecule has 0 radical (unpaired) electrons. The van der Waals surface area contributed by atoms with Gasteiger partial charge in [-0.25, -0.2) is 0 Å². The molecule has 3 heteroatoms. The van der Waals surface area contributed by atoms with Gasteiger partial charge >= 0.3 is 0 Å². The van der Waals surface area contributed by atoms with Crippen molar-refractivity contribution in [3.8, 4) is 0 Å². The van der Waals surface area contributed by atoms with E-state index >= 15 is 0 Å². The van der Waals surface area contributed by atoms with E-state index in [2.05, 4.69) is 48.5 Å². The van der Waals surface area contributed by atoms with Crippen LogP contribution >= 0.6 is 0 Å². The van der Waals surface area contributed by atoms with Gasteiger partial charge in [-0.3, -0.25) is 0 Å². The number of fused-ring (bicyclic) bond motifs is 1. The molecule has 1 fully saturated rings. The first-order valence-corrected chi connectivity index (χ1v) is 8.37. The third-order valence-electron chi connectivity index (χ3n) is 5.11. The minimum absolute atomic E-state index is 0.571. The molecule has 2 atom stereocenters. The van der Waals surface area contributed by atoms with Crippen molar-refractivity contribution in [3.63, 3.8) is 0 Å². The number of hydrogen-bond acceptors (Lipinski definition) is 3. The second-order valence-electron chi connectivity index (χ2n) is 6.62. The molecule has 116 valence electrons. The fourth-order valence-electron chi connectivity index (χ4n) is 3.72. The maximum Gasteiger partial charge on any atom is 0.0469 e. The second kappa shape index (κ2) is 6.80. The lowest BCUT2D eigenvalue weighted by Crippen LogP contribution is -2.41. The first-order chi connectivity index (χ1) is 10.3. The summed E-state index contributed by atoms with van der Waals surface area (Å²) in [5.74, 6) is 0.789. The summed E-state index contributed by atoms with van der Waals surface area (Å²) in [7, 11) is 2.07. The molecule has 0 aromatic heterocycles. The van der Waals surface area contributed by atoms with Crippen LogP contribution in [-0.2, 0) is 11.2 Å². The predicted molar refractivity (Wildman–Crippen MR) is 88.0 cm³/mol. The Hall–Kier alpha value is -1.06. The second-order valence-corrected chi connectivity index (χ2v) is 6.62. The van der Waals surface area contributed by atoms with Crippen LogP contribution in [0.5, 0.6) is 0 Å². The van der Waals surface area contributed by atoms with Gasteiger partial charge in [-0.15, -0.1) is 0 Å². The van der Waals surface area contributed by atoms with E-state index in [0.717, 1.165) is 19.1 Å². The summed E-state index contributed by atoms with van der Waals surface area (Å²) in [6, 6.07) is 10.2. The highest BCUT2D eigenvalue weighted by molar-refractivity contribution is 5.59. The van der Waals surface area contributed by atoms with Gasteiger partial charge in [0.05, 0.1) is 0 Å². The van der Waals surface area contributed by atoms with Gasteiger partial charge in [-0.1, -0.05) is 18.2 Å². The third-order valence-corrected chi connectivity index (χ3v) is 5.11. The summed E-state index contributed by atoms with van der Waals surface area (Å²) in [5, 5.41) is 3.40. The van der Waals surface area contributed by atoms with Crippen LogP contribution in [0.1, 0.15) is 31.7 Å². The smallest absolute Gasteiger partial charge is 0.0469 e. The Bertz CT molecular complexity index is 456. The first-order valence-electron chi connectivity index (χ1n) is 8.37. The Labute approximate surface area is 128 Å². The van der Waals surface area contributed by atoms with Gasteiger partial charge in [0.2, 0.25) is 0 Å². The maximum atomic E-state index is 5.51. The monoisotopic (exact) mass is 288 g/mol. The van der Waals surface area contributed by atoms with Crippen LogP contribution < -0.4 is 10.2 Å². The molecule has 21 heavy (non-hydrogen) atoms. The van der Waals surface area contributed by atoms with Crippen molar-refractivity contribution in [3.05, 3.63) is 29.8 Å². The van der Waals surface area contributed by atoms with Crippen LogP contribution in [0.3, 0.4) is 0 Å². The average molecular weight is 288 g/mol. The number of anilines is 1. The van der Waals surface area contributed by atoms with Crippen molar-refractivity contribution in [2.45, 2.75) is 44.7 Å². The van der Waals surface area contributed by atoms with Gasteiger partial charge < -0.3 is 15.0 Å². The Morgan fingerprint density at radius 2 is 2.05 bits per heavy atom. The minimum Gasteiger partial charge on any atom is -0.381 e. The zero-order valence-electron chi connectivity index (χ0n) is 13.3. The minimum atomic E-state index is 0.571. The van der Waals surface area contributed by atoms with Gasteiger partial charge in [0.25, 0.3) is 0 Å². The number of nitrogens with one attached hydrogen (secondary N) is 1. The van der Waals surface area contributed by atoms with Crippen LogP contribution in [0.4, 0.5) is 5.69 Å². The summed E-state index contributed by atoms with van der Waals surface area (Å²) in [6.45, 7) is 5.37. The van der Waals surface area contributed by atoms with Crippen LogP contribution in [0.2, 0.25) is 0 Å². The van der Waals surface area contributed by atoms with E-state index < -0.39 is 0 Å². The van der Waals surface area contributed by atoms with E-state index in [0.29, 0.717) is 12.1 Å². The van der Waals surface area contributed by atoms with E-state index in [4.69, 9.17) is 4.74 Å². The molecule has 0 aliphatic carbocycles. The number of para-hydroxylation sites is 1. The first kappa shape index (κ1) is 14.9. The van der Waals surface area contributed by atoms with E-state index in [9.17, 15) is 0 Å². The third kappa shape index (κ3) is 3.41. The highest BCUT2D eigenvalue weighted by atomic mass is 16.5. The molecule has 2 heterocycles. The number of benzene rings is 1. The molecule has 0 saturated carbocycles. The van der Waals surface area contributed by atoms with Gasteiger partial charge in [-0.2, -0.15) is 0 Å². The lowest BCUT2D eigenvalue weighted by atomic mass is 9.98. The van der Waals surface area contributed by atoms with E-state index in [1.165, 1.54) is 43.5 Å². The fraction of sp³-hybridized carbons (Fsp3) is 0.667. The lowest BCUT2D eigenvalue weighted by Gasteiger charge is -2.34. The molecule has 3 nitrogen and oxygen atoms in total. The Morgan fingerprint density at radius 1 is 1.29 bits per heavy atom. The Morgan fingerprint density at radius 3 is 2.81 bits per heavy atom. The van der Waals surface area contributed by atoms with Crippen molar-refractivity contribution in [1.29, 1.82) is 0 Å². The molecule has 2 aliphatic rings. The van der Waals surface area contributed by atoms with Crippen molar-refractivity contribution in [1.82, 2.24) is 5.32 Å². The molecular formula is C18H28N2O. The highest BCUT2D eigenvalue weighted by Gasteiger charge is 2.31. The van der Waals surface area contributed by atoms with Gasteiger partial charge in [-0.05, 0) is 57.2 Å². The molecule has 0 bridgehead atoms. The summed E-state index contributed by atoms with van der Waals surface area (Å²) < 4.78 is 5.51. The topological polar surface area (TPSA) is 24.5 Å². The summed E-state index contributed by atoms with van der Waals surface area (Å²) in [6.07, 6.45) is 4.85. The van der Waals surface area contributed by atoms with Crippen LogP contribution in [0.25, 0.3) is 0 Å². The molecular weight excluding hydrogens is 260 g/mol. The molecule has 1 N–H and O–H groups in total.